The smallest absolute Gasteiger partial charge is 0.171 e. The zero-order chi connectivity index (χ0) is 16.7. The van der Waals surface area contributed by atoms with Crippen molar-refractivity contribution >= 4 is 23.0 Å². The number of methoxy groups -OCH3 is 1. The first kappa shape index (κ1) is 17.2. The summed E-state index contributed by atoms with van der Waals surface area (Å²) in [5.41, 5.74) is 3.49. The van der Waals surface area contributed by atoms with Crippen LogP contribution in [-0.2, 0) is 13.1 Å². The lowest BCUT2D eigenvalue weighted by Crippen LogP contribution is -3.04. The van der Waals surface area contributed by atoms with Gasteiger partial charge in [0.2, 0.25) is 0 Å². The quantitative estimate of drug-likeness (QED) is 0.707. The molecule has 5 heteroatoms. The van der Waals surface area contributed by atoms with Crippen molar-refractivity contribution in [2.45, 2.75) is 13.1 Å². The zero-order valence-corrected chi connectivity index (χ0v) is 14.7. The number of hydrogen-bond acceptors (Lipinski definition) is 2. The summed E-state index contributed by atoms with van der Waals surface area (Å²) in [6.45, 7) is 1.74. The fraction of sp³-hybridized carbons (Fsp3) is 0.278. The molecule has 122 valence electrons. The van der Waals surface area contributed by atoms with Crippen LogP contribution in [0.2, 0.25) is 0 Å². The van der Waals surface area contributed by atoms with Crippen molar-refractivity contribution in [2.24, 2.45) is 0 Å². The molecule has 0 saturated heterocycles. The number of thiocarbonyl (C=S) groups is 1. The first-order chi connectivity index (χ1) is 11.1. The van der Waals surface area contributed by atoms with E-state index in [-0.39, 0.29) is 0 Å². The maximum atomic E-state index is 5.32. The highest BCUT2D eigenvalue weighted by molar-refractivity contribution is 7.80. The molecular weight excluding hydrogens is 306 g/mol. The first-order valence-corrected chi connectivity index (χ1v) is 8.03. The Morgan fingerprint density at radius 2 is 1.61 bits per heavy atom. The van der Waals surface area contributed by atoms with Crippen LogP contribution in [0.15, 0.2) is 48.5 Å². The molecule has 0 radical (unpaired) electrons. The number of quaternary nitrogens is 1. The predicted molar refractivity (Wildman–Crippen MR) is 99.0 cm³/mol. The molecule has 23 heavy (non-hydrogen) atoms. The van der Waals surface area contributed by atoms with Crippen LogP contribution in [0.1, 0.15) is 11.1 Å². The van der Waals surface area contributed by atoms with Crippen molar-refractivity contribution in [1.29, 1.82) is 0 Å². The van der Waals surface area contributed by atoms with Crippen molar-refractivity contribution in [3.63, 3.8) is 0 Å². The molecule has 0 atom stereocenters. The fourth-order valence-electron chi connectivity index (χ4n) is 2.22. The molecule has 0 unspecified atom stereocenters. The van der Waals surface area contributed by atoms with E-state index in [1.54, 1.807) is 7.11 Å². The van der Waals surface area contributed by atoms with E-state index in [1.807, 2.05) is 24.3 Å². The minimum Gasteiger partial charge on any atom is -0.497 e. The number of ether oxygens (including phenoxy) is 1. The molecule has 4 nitrogen and oxygen atoms in total. The second-order valence-corrected chi connectivity index (χ2v) is 6.14. The molecule has 2 aromatic rings. The summed E-state index contributed by atoms with van der Waals surface area (Å²) >= 11 is 5.32. The Hall–Kier alpha value is -2.11. The molecule has 0 aliphatic carbocycles. The van der Waals surface area contributed by atoms with Gasteiger partial charge in [0, 0.05) is 17.8 Å². The normalized spacial score (nSPS) is 10.4. The van der Waals surface area contributed by atoms with Gasteiger partial charge in [-0.15, -0.1) is 0 Å². The van der Waals surface area contributed by atoms with Gasteiger partial charge in [0.15, 0.2) is 5.11 Å². The Morgan fingerprint density at radius 1 is 1.00 bits per heavy atom. The van der Waals surface area contributed by atoms with Crippen LogP contribution >= 0.6 is 12.2 Å². The van der Waals surface area contributed by atoms with E-state index < -0.39 is 0 Å². The maximum absolute atomic E-state index is 5.32. The second-order valence-electron chi connectivity index (χ2n) is 5.74. The highest BCUT2D eigenvalue weighted by Gasteiger charge is 2.01. The average molecular weight is 330 g/mol. The summed E-state index contributed by atoms with van der Waals surface area (Å²) < 4.78 is 5.14. The first-order valence-electron chi connectivity index (χ1n) is 7.62. The molecule has 0 amide bonds. The van der Waals surface area contributed by atoms with Crippen LogP contribution in [0.25, 0.3) is 0 Å². The third-order valence-corrected chi connectivity index (χ3v) is 3.63. The number of nitrogens with one attached hydrogen (secondary N) is 3. The topological polar surface area (TPSA) is 37.7 Å². The van der Waals surface area contributed by atoms with Gasteiger partial charge in [-0.05, 0) is 42.0 Å². The van der Waals surface area contributed by atoms with Crippen molar-refractivity contribution in [2.75, 3.05) is 26.5 Å². The molecule has 0 heterocycles. The summed E-state index contributed by atoms with van der Waals surface area (Å²) in [6.07, 6.45) is 0. The molecule has 0 saturated carbocycles. The third kappa shape index (κ3) is 5.88. The molecule has 2 rings (SSSR count). The summed E-state index contributed by atoms with van der Waals surface area (Å²) in [4.78, 5) is 1.42. The Bertz CT molecular complexity index is 624. The fourth-order valence-corrected chi connectivity index (χ4v) is 2.41. The number of rotatable bonds is 6. The van der Waals surface area contributed by atoms with Gasteiger partial charge >= 0.3 is 0 Å². The summed E-state index contributed by atoms with van der Waals surface area (Å²) in [5.74, 6) is 0.828. The summed E-state index contributed by atoms with van der Waals surface area (Å²) in [5, 5.41) is 6.99. The van der Waals surface area contributed by atoms with Crippen LogP contribution in [0.3, 0.4) is 0 Å². The molecule has 0 aromatic heterocycles. The standard InChI is InChI=1S/C18H23N3OS/c1-21(2)13-15-6-4-14(5-7-15)12-19-18(23)20-16-8-10-17(22-3)11-9-16/h4-11H,12-13H2,1-3H3,(H2,19,20,23)/p+1. The van der Waals surface area contributed by atoms with Gasteiger partial charge in [-0.1, -0.05) is 24.3 Å². The maximum Gasteiger partial charge on any atom is 0.171 e. The molecule has 0 aliphatic heterocycles. The van der Waals surface area contributed by atoms with Crippen molar-refractivity contribution < 1.29 is 9.64 Å². The van der Waals surface area contributed by atoms with Crippen molar-refractivity contribution in [3.8, 4) is 5.75 Å². The van der Waals surface area contributed by atoms with Crippen molar-refractivity contribution in [3.05, 3.63) is 59.7 Å². The molecule has 2 aromatic carbocycles. The molecule has 0 spiro atoms. The third-order valence-electron chi connectivity index (χ3n) is 3.38. The Morgan fingerprint density at radius 3 is 2.17 bits per heavy atom. The number of anilines is 1. The van der Waals surface area contributed by atoms with Gasteiger partial charge in [-0.25, -0.2) is 0 Å². The molecule has 0 aliphatic rings. The van der Waals surface area contributed by atoms with Crippen LogP contribution < -0.4 is 20.3 Å². The summed E-state index contributed by atoms with van der Waals surface area (Å²) in [6, 6.07) is 16.3. The lowest BCUT2D eigenvalue weighted by molar-refractivity contribution is -0.872. The second kappa shape index (κ2) is 8.50. The molecular formula is C18H24N3OS+. The van der Waals surface area contributed by atoms with Gasteiger partial charge in [0.1, 0.15) is 12.3 Å². The van der Waals surface area contributed by atoms with Crippen molar-refractivity contribution in [1.82, 2.24) is 5.32 Å². The van der Waals surface area contributed by atoms with Crippen LogP contribution in [0.4, 0.5) is 5.69 Å². The number of hydrogen-bond donors (Lipinski definition) is 3. The van der Waals surface area contributed by atoms with E-state index >= 15 is 0 Å². The molecule has 0 bridgehead atoms. The zero-order valence-electron chi connectivity index (χ0n) is 13.8. The predicted octanol–water partition coefficient (Wildman–Crippen LogP) is 1.83. The van der Waals surface area contributed by atoms with E-state index in [1.165, 1.54) is 16.0 Å². The number of benzene rings is 2. The van der Waals surface area contributed by atoms with E-state index in [9.17, 15) is 0 Å². The Balaban J connectivity index is 1.81. The average Bonchev–Trinajstić information content (AvgIpc) is 2.54. The van der Waals surface area contributed by atoms with Gasteiger partial charge in [-0.3, -0.25) is 0 Å². The Kier molecular flexibility index (Phi) is 6.38. The SMILES string of the molecule is COc1ccc(NC(=S)NCc2ccc(C[NH+](C)C)cc2)cc1. The monoisotopic (exact) mass is 330 g/mol. The van der Waals surface area contributed by atoms with E-state index in [2.05, 4.69) is 49.0 Å². The lowest BCUT2D eigenvalue weighted by atomic mass is 10.1. The van der Waals surface area contributed by atoms with Crippen LogP contribution in [0.5, 0.6) is 5.75 Å². The van der Waals surface area contributed by atoms with E-state index in [0.29, 0.717) is 11.7 Å². The van der Waals surface area contributed by atoms with Gasteiger partial charge in [0.25, 0.3) is 0 Å². The van der Waals surface area contributed by atoms with Gasteiger partial charge < -0.3 is 20.3 Å². The minimum absolute atomic E-state index is 0.608. The summed E-state index contributed by atoms with van der Waals surface area (Å²) in [7, 11) is 5.96. The molecule has 0 fully saturated rings. The highest BCUT2D eigenvalue weighted by Crippen LogP contribution is 2.14. The minimum atomic E-state index is 0.608. The van der Waals surface area contributed by atoms with Crippen LogP contribution in [-0.4, -0.2) is 26.3 Å². The Labute approximate surface area is 143 Å². The highest BCUT2D eigenvalue weighted by atomic mass is 32.1. The van der Waals surface area contributed by atoms with Gasteiger partial charge in [-0.2, -0.15) is 0 Å². The van der Waals surface area contributed by atoms with Gasteiger partial charge in [0.05, 0.1) is 21.2 Å². The largest absolute Gasteiger partial charge is 0.497 e. The van der Waals surface area contributed by atoms with E-state index in [4.69, 9.17) is 17.0 Å². The van der Waals surface area contributed by atoms with E-state index in [0.717, 1.165) is 18.0 Å². The lowest BCUT2D eigenvalue weighted by Gasteiger charge is -2.12. The van der Waals surface area contributed by atoms with Crippen LogP contribution in [0, 0.1) is 0 Å². The molecule has 3 N–H and O–H groups in total.